The van der Waals surface area contributed by atoms with Gasteiger partial charge in [0.2, 0.25) is 5.91 Å². The van der Waals surface area contributed by atoms with Crippen molar-refractivity contribution in [3.05, 3.63) is 65.7 Å². The van der Waals surface area contributed by atoms with Gasteiger partial charge in [-0.25, -0.2) is 4.79 Å². The fourth-order valence-electron chi connectivity index (χ4n) is 3.03. The number of nitrogens with zero attached hydrogens (tertiary/aromatic N) is 2. The fraction of sp³-hybridized carbons (Fsp3) is 0.300. The molecule has 0 unspecified atom stereocenters. The molecular formula is C20H20F3N3O2. The molecule has 1 fully saturated rings. The third-order valence-electron chi connectivity index (χ3n) is 4.55. The van der Waals surface area contributed by atoms with Crippen molar-refractivity contribution in [1.82, 2.24) is 9.80 Å². The Bertz CT molecular complexity index is 832. The Morgan fingerprint density at radius 1 is 0.893 bits per heavy atom. The van der Waals surface area contributed by atoms with Crippen molar-refractivity contribution in [2.75, 3.05) is 31.5 Å². The molecule has 0 atom stereocenters. The van der Waals surface area contributed by atoms with Crippen molar-refractivity contribution >= 4 is 17.6 Å². The van der Waals surface area contributed by atoms with Crippen molar-refractivity contribution in [3.8, 4) is 0 Å². The Balaban J connectivity index is 1.52. The molecule has 148 valence electrons. The van der Waals surface area contributed by atoms with Gasteiger partial charge in [0.25, 0.3) is 0 Å². The predicted molar refractivity (Wildman–Crippen MR) is 98.8 cm³/mol. The lowest BCUT2D eigenvalue weighted by molar-refractivity contribution is -0.138. The van der Waals surface area contributed by atoms with E-state index in [-0.39, 0.29) is 18.4 Å². The molecule has 0 spiro atoms. The van der Waals surface area contributed by atoms with Crippen molar-refractivity contribution in [1.29, 1.82) is 0 Å². The fourth-order valence-corrected chi connectivity index (χ4v) is 3.03. The van der Waals surface area contributed by atoms with Crippen LogP contribution in [0, 0.1) is 0 Å². The molecule has 0 bridgehead atoms. The summed E-state index contributed by atoms with van der Waals surface area (Å²) in [7, 11) is 0. The molecule has 1 aliphatic heterocycles. The van der Waals surface area contributed by atoms with Crippen LogP contribution < -0.4 is 5.32 Å². The van der Waals surface area contributed by atoms with Gasteiger partial charge in [-0.05, 0) is 23.8 Å². The summed E-state index contributed by atoms with van der Waals surface area (Å²) >= 11 is 0. The average Bonchev–Trinajstić information content (AvgIpc) is 2.68. The predicted octanol–water partition coefficient (Wildman–Crippen LogP) is 3.62. The van der Waals surface area contributed by atoms with Gasteiger partial charge in [-0.3, -0.25) is 4.79 Å². The number of nitrogens with one attached hydrogen (secondary N) is 1. The number of halogens is 3. The molecule has 0 radical (unpaired) electrons. The van der Waals surface area contributed by atoms with Gasteiger partial charge in [0, 0.05) is 31.9 Å². The molecule has 1 N–H and O–H groups in total. The van der Waals surface area contributed by atoms with E-state index in [9.17, 15) is 22.8 Å². The average molecular weight is 391 g/mol. The largest absolute Gasteiger partial charge is 0.416 e. The quantitative estimate of drug-likeness (QED) is 0.869. The zero-order valence-corrected chi connectivity index (χ0v) is 15.1. The second-order valence-electron chi connectivity index (χ2n) is 6.54. The summed E-state index contributed by atoms with van der Waals surface area (Å²) in [4.78, 5) is 27.9. The minimum absolute atomic E-state index is 0.0971. The minimum atomic E-state index is -4.43. The zero-order valence-electron chi connectivity index (χ0n) is 15.1. The maximum Gasteiger partial charge on any atom is 0.416 e. The van der Waals surface area contributed by atoms with E-state index in [1.807, 2.05) is 18.2 Å². The molecule has 5 nitrogen and oxygen atoms in total. The summed E-state index contributed by atoms with van der Waals surface area (Å²) < 4.78 is 38.4. The number of anilines is 1. The first-order chi connectivity index (χ1) is 13.3. The van der Waals surface area contributed by atoms with Gasteiger partial charge in [-0.15, -0.1) is 0 Å². The van der Waals surface area contributed by atoms with E-state index in [0.29, 0.717) is 37.4 Å². The topological polar surface area (TPSA) is 52.7 Å². The molecule has 2 aromatic carbocycles. The number of amides is 3. The highest BCUT2D eigenvalue weighted by Gasteiger charge is 2.31. The van der Waals surface area contributed by atoms with E-state index in [4.69, 9.17) is 0 Å². The van der Waals surface area contributed by atoms with Gasteiger partial charge < -0.3 is 15.1 Å². The van der Waals surface area contributed by atoms with Crippen molar-refractivity contribution in [3.63, 3.8) is 0 Å². The SMILES string of the molecule is O=C(Cc1cccc(C(F)(F)F)c1)N1CCN(C(=O)Nc2ccccc2)CC1. The summed E-state index contributed by atoms with van der Waals surface area (Å²) in [6, 6.07) is 13.6. The number of hydrogen-bond donors (Lipinski definition) is 1. The van der Waals surface area contributed by atoms with Crippen molar-refractivity contribution in [2.24, 2.45) is 0 Å². The van der Waals surface area contributed by atoms with Crippen LogP contribution in [0.1, 0.15) is 11.1 Å². The first-order valence-corrected chi connectivity index (χ1v) is 8.88. The molecule has 28 heavy (non-hydrogen) atoms. The Morgan fingerprint density at radius 3 is 2.18 bits per heavy atom. The standard InChI is InChI=1S/C20H20F3N3O2/c21-20(22,23)16-6-4-5-15(13-16)14-18(27)25-9-11-26(12-10-25)19(28)24-17-7-2-1-3-8-17/h1-8,13H,9-12,14H2,(H,24,28). The van der Waals surface area contributed by atoms with Gasteiger partial charge in [-0.1, -0.05) is 36.4 Å². The van der Waals surface area contributed by atoms with Gasteiger partial charge >= 0.3 is 12.2 Å². The summed E-state index contributed by atoms with van der Waals surface area (Å²) in [5.41, 5.74) is 0.250. The molecule has 2 aromatic rings. The van der Waals surface area contributed by atoms with Crippen molar-refractivity contribution < 1.29 is 22.8 Å². The Labute approximate surface area is 160 Å². The van der Waals surface area contributed by atoms with E-state index in [1.54, 1.807) is 21.9 Å². The molecule has 0 aromatic heterocycles. The van der Waals surface area contributed by atoms with Gasteiger partial charge in [-0.2, -0.15) is 13.2 Å². The number of carbonyl (C=O) groups is 2. The molecular weight excluding hydrogens is 371 g/mol. The molecule has 0 saturated carbocycles. The summed E-state index contributed by atoms with van der Waals surface area (Å²) in [5, 5.41) is 2.79. The van der Waals surface area contributed by atoms with Crippen LogP contribution >= 0.6 is 0 Å². The Hall–Kier alpha value is -3.03. The number of rotatable bonds is 3. The lowest BCUT2D eigenvalue weighted by Gasteiger charge is -2.34. The first kappa shape index (κ1) is 19.7. The molecule has 0 aliphatic carbocycles. The molecule has 3 rings (SSSR count). The Kier molecular flexibility index (Phi) is 5.87. The number of carbonyl (C=O) groups excluding carboxylic acids is 2. The second kappa shape index (κ2) is 8.33. The Morgan fingerprint density at radius 2 is 1.54 bits per heavy atom. The summed E-state index contributed by atoms with van der Waals surface area (Å²) in [5.74, 6) is -0.248. The normalized spacial score (nSPS) is 14.7. The van der Waals surface area contributed by atoms with E-state index in [1.165, 1.54) is 12.1 Å². The monoisotopic (exact) mass is 391 g/mol. The molecule has 1 heterocycles. The van der Waals surface area contributed by atoms with Crippen LogP contribution in [-0.2, 0) is 17.4 Å². The third-order valence-corrected chi connectivity index (χ3v) is 4.55. The molecule has 1 aliphatic rings. The van der Waals surface area contributed by atoms with Crippen LogP contribution in [-0.4, -0.2) is 47.9 Å². The van der Waals surface area contributed by atoms with Gasteiger partial charge in [0.15, 0.2) is 0 Å². The smallest absolute Gasteiger partial charge is 0.339 e. The summed E-state index contributed by atoms with van der Waals surface area (Å²) in [6.07, 6.45) is -4.53. The third kappa shape index (κ3) is 5.03. The van der Waals surface area contributed by atoms with E-state index >= 15 is 0 Å². The zero-order chi connectivity index (χ0) is 20.1. The van der Waals surface area contributed by atoms with Crippen LogP contribution in [0.5, 0.6) is 0 Å². The summed E-state index contributed by atoms with van der Waals surface area (Å²) in [6.45, 7) is 1.43. The highest BCUT2D eigenvalue weighted by molar-refractivity contribution is 5.89. The number of benzene rings is 2. The van der Waals surface area contributed by atoms with E-state index in [0.717, 1.165) is 12.1 Å². The number of alkyl halides is 3. The molecule has 1 saturated heterocycles. The first-order valence-electron chi connectivity index (χ1n) is 8.88. The van der Waals surface area contributed by atoms with Crippen LogP contribution in [0.25, 0.3) is 0 Å². The van der Waals surface area contributed by atoms with Crippen LogP contribution in [0.15, 0.2) is 54.6 Å². The molecule has 3 amide bonds. The van der Waals surface area contributed by atoms with Gasteiger partial charge in [0.1, 0.15) is 0 Å². The van der Waals surface area contributed by atoms with Crippen LogP contribution in [0.3, 0.4) is 0 Å². The number of urea groups is 1. The maximum absolute atomic E-state index is 12.8. The molecule has 8 heteroatoms. The highest BCUT2D eigenvalue weighted by atomic mass is 19.4. The van der Waals surface area contributed by atoms with Crippen molar-refractivity contribution in [2.45, 2.75) is 12.6 Å². The van der Waals surface area contributed by atoms with Gasteiger partial charge in [0.05, 0.1) is 12.0 Å². The lowest BCUT2D eigenvalue weighted by Crippen LogP contribution is -2.52. The lowest BCUT2D eigenvalue weighted by atomic mass is 10.1. The van der Waals surface area contributed by atoms with E-state index < -0.39 is 11.7 Å². The van der Waals surface area contributed by atoms with E-state index in [2.05, 4.69) is 5.32 Å². The highest BCUT2D eigenvalue weighted by Crippen LogP contribution is 2.29. The second-order valence-corrected chi connectivity index (χ2v) is 6.54. The maximum atomic E-state index is 12.8. The van der Waals surface area contributed by atoms with Crippen LogP contribution in [0.4, 0.5) is 23.7 Å². The number of hydrogen-bond acceptors (Lipinski definition) is 2. The number of piperazine rings is 1. The number of para-hydroxylation sites is 1. The van der Waals surface area contributed by atoms with Crippen LogP contribution in [0.2, 0.25) is 0 Å². The minimum Gasteiger partial charge on any atom is -0.339 e.